The number of aliphatic hydroxyl groups excluding tert-OH is 3. The molecular weight excluding hydrogens is 160 g/mol. The van der Waals surface area contributed by atoms with Crippen molar-refractivity contribution in [3.8, 4) is 0 Å². The molecule has 4 atom stereocenters. The molecule has 4 nitrogen and oxygen atoms in total. The van der Waals surface area contributed by atoms with Crippen LogP contribution in [0.25, 0.3) is 0 Å². The van der Waals surface area contributed by atoms with Gasteiger partial charge in [-0.05, 0) is 6.42 Å². The third kappa shape index (κ3) is 1.95. The Balaban J connectivity index is 2.46. The van der Waals surface area contributed by atoms with E-state index in [1.165, 1.54) is 0 Å². The van der Waals surface area contributed by atoms with Gasteiger partial charge in [0, 0.05) is 0 Å². The lowest BCUT2D eigenvalue weighted by Gasteiger charge is -2.35. The average Bonchev–Trinajstić information content (AvgIpc) is 2.07. The van der Waals surface area contributed by atoms with Crippen LogP contribution < -0.4 is 0 Å². The van der Waals surface area contributed by atoms with E-state index in [9.17, 15) is 10.2 Å². The lowest BCUT2D eigenvalue weighted by Crippen LogP contribution is -2.52. The lowest BCUT2D eigenvalue weighted by molar-refractivity contribution is -0.188. The smallest absolute Gasteiger partial charge is 0.111 e. The molecule has 3 N–H and O–H groups in total. The van der Waals surface area contributed by atoms with Crippen molar-refractivity contribution < 1.29 is 20.1 Å². The van der Waals surface area contributed by atoms with Crippen LogP contribution in [0.4, 0.5) is 0 Å². The fourth-order valence-corrected chi connectivity index (χ4v) is 1.41. The summed E-state index contributed by atoms with van der Waals surface area (Å²) in [6, 6.07) is 0. The Hall–Kier alpha value is -0.160. The van der Waals surface area contributed by atoms with Crippen molar-refractivity contribution in [2.45, 2.75) is 44.2 Å². The van der Waals surface area contributed by atoms with Crippen LogP contribution in [0.3, 0.4) is 0 Å². The Morgan fingerprint density at radius 3 is 2.50 bits per heavy atom. The van der Waals surface area contributed by atoms with Gasteiger partial charge >= 0.3 is 0 Å². The molecule has 1 aliphatic heterocycles. The van der Waals surface area contributed by atoms with Crippen LogP contribution in [0, 0.1) is 0 Å². The summed E-state index contributed by atoms with van der Waals surface area (Å²) in [5.41, 5.74) is 0. The summed E-state index contributed by atoms with van der Waals surface area (Å²) in [5.74, 6) is 0. The maximum atomic E-state index is 9.40. The first kappa shape index (κ1) is 9.92. The Morgan fingerprint density at radius 1 is 1.25 bits per heavy atom. The van der Waals surface area contributed by atoms with E-state index < -0.39 is 18.3 Å². The van der Waals surface area contributed by atoms with E-state index in [0.717, 1.165) is 6.42 Å². The molecule has 0 amide bonds. The maximum absolute atomic E-state index is 9.40. The van der Waals surface area contributed by atoms with Gasteiger partial charge in [0.15, 0.2) is 0 Å². The van der Waals surface area contributed by atoms with Crippen LogP contribution in [-0.2, 0) is 4.74 Å². The van der Waals surface area contributed by atoms with E-state index >= 15 is 0 Å². The molecule has 0 spiro atoms. The first-order valence-electron chi connectivity index (χ1n) is 4.32. The Kier molecular flexibility index (Phi) is 3.46. The summed E-state index contributed by atoms with van der Waals surface area (Å²) in [6.45, 7) is 2.09. The van der Waals surface area contributed by atoms with Gasteiger partial charge in [-0.2, -0.15) is 0 Å². The summed E-state index contributed by atoms with van der Waals surface area (Å²) in [4.78, 5) is 0. The third-order valence-corrected chi connectivity index (χ3v) is 2.18. The van der Waals surface area contributed by atoms with E-state index in [1.807, 2.05) is 6.92 Å². The summed E-state index contributed by atoms with van der Waals surface area (Å²) in [5, 5.41) is 27.8. The summed E-state index contributed by atoms with van der Waals surface area (Å²) < 4.78 is 5.15. The van der Waals surface area contributed by atoms with Gasteiger partial charge < -0.3 is 20.1 Å². The minimum atomic E-state index is -1.06. The molecule has 1 fully saturated rings. The minimum absolute atomic E-state index is 0.114. The van der Waals surface area contributed by atoms with E-state index in [1.54, 1.807) is 0 Å². The number of hydrogen-bond donors (Lipinski definition) is 3. The molecule has 0 bridgehead atoms. The number of rotatable bonds is 2. The highest BCUT2D eigenvalue weighted by Gasteiger charge is 2.36. The van der Waals surface area contributed by atoms with Crippen molar-refractivity contribution in [1.29, 1.82) is 0 Å². The van der Waals surface area contributed by atoms with Gasteiger partial charge in [0.1, 0.15) is 18.3 Å². The van der Waals surface area contributed by atoms with Gasteiger partial charge in [0.05, 0.1) is 12.7 Å². The van der Waals surface area contributed by atoms with Gasteiger partial charge in [-0.25, -0.2) is 0 Å². The van der Waals surface area contributed by atoms with Crippen molar-refractivity contribution in [3.05, 3.63) is 0 Å². The summed E-state index contributed by atoms with van der Waals surface area (Å²) in [6.07, 6.45) is -1.68. The number of hydrogen-bond acceptors (Lipinski definition) is 4. The second kappa shape index (κ2) is 4.18. The third-order valence-electron chi connectivity index (χ3n) is 2.18. The molecule has 1 rings (SSSR count). The molecule has 1 heterocycles. The minimum Gasteiger partial charge on any atom is -0.388 e. The molecule has 1 saturated heterocycles. The Labute approximate surface area is 71.8 Å². The largest absolute Gasteiger partial charge is 0.388 e. The van der Waals surface area contributed by atoms with Crippen molar-refractivity contribution in [2.24, 2.45) is 0 Å². The van der Waals surface area contributed by atoms with Gasteiger partial charge in [-0.15, -0.1) is 0 Å². The standard InChI is InChI=1S/C8H16O4/c1-2-3-6-8(11)7(10)5(9)4-12-6/h5-11H,2-4H2,1H3/t5-,6-,7-,8-/m1/s1. The van der Waals surface area contributed by atoms with E-state index in [2.05, 4.69) is 0 Å². The Morgan fingerprint density at radius 2 is 1.92 bits per heavy atom. The van der Waals surface area contributed by atoms with E-state index in [-0.39, 0.29) is 12.7 Å². The van der Waals surface area contributed by atoms with E-state index in [0.29, 0.717) is 6.42 Å². The van der Waals surface area contributed by atoms with E-state index in [4.69, 9.17) is 9.84 Å². The second-order valence-corrected chi connectivity index (χ2v) is 3.21. The Bertz CT molecular complexity index is 139. The molecule has 0 aliphatic carbocycles. The highest BCUT2D eigenvalue weighted by molar-refractivity contribution is 4.85. The normalized spacial score (nSPS) is 43.0. The number of ether oxygens (including phenoxy) is 1. The molecule has 0 unspecified atom stereocenters. The van der Waals surface area contributed by atoms with Crippen molar-refractivity contribution in [2.75, 3.05) is 6.61 Å². The zero-order valence-corrected chi connectivity index (χ0v) is 7.18. The molecule has 1 aliphatic rings. The predicted molar refractivity (Wildman–Crippen MR) is 42.7 cm³/mol. The van der Waals surface area contributed by atoms with Crippen LogP contribution >= 0.6 is 0 Å². The molecule has 0 saturated carbocycles. The van der Waals surface area contributed by atoms with Crippen molar-refractivity contribution in [1.82, 2.24) is 0 Å². The first-order chi connectivity index (χ1) is 5.66. The molecule has 12 heavy (non-hydrogen) atoms. The molecule has 0 aromatic heterocycles. The van der Waals surface area contributed by atoms with Crippen LogP contribution in [-0.4, -0.2) is 46.3 Å². The summed E-state index contributed by atoms with van der Waals surface area (Å²) in [7, 11) is 0. The predicted octanol–water partition coefficient (Wildman–Crippen LogP) is -0.732. The monoisotopic (exact) mass is 176 g/mol. The highest BCUT2D eigenvalue weighted by Crippen LogP contribution is 2.18. The molecule has 4 heteroatoms. The SMILES string of the molecule is CCC[C@H]1OC[C@@H](O)[C@@H](O)[C@@H]1O. The fraction of sp³-hybridized carbons (Fsp3) is 1.00. The van der Waals surface area contributed by atoms with Crippen LogP contribution in [0.1, 0.15) is 19.8 Å². The van der Waals surface area contributed by atoms with Gasteiger partial charge in [-0.1, -0.05) is 13.3 Å². The van der Waals surface area contributed by atoms with Crippen molar-refractivity contribution >= 4 is 0 Å². The first-order valence-corrected chi connectivity index (χ1v) is 4.32. The van der Waals surface area contributed by atoms with Crippen LogP contribution in [0.5, 0.6) is 0 Å². The van der Waals surface area contributed by atoms with Gasteiger partial charge in [0.2, 0.25) is 0 Å². The molecular formula is C8H16O4. The van der Waals surface area contributed by atoms with Crippen molar-refractivity contribution in [3.63, 3.8) is 0 Å². The fourth-order valence-electron chi connectivity index (χ4n) is 1.41. The zero-order valence-electron chi connectivity index (χ0n) is 7.18. The van der Waals surface area contributed by atoms with Gasteiger partial charge in [-0.3, -0.25) is 0 Å². The zero-order chi connectivity index (χ0) is 9.14. The second-order valence-electron chi connectivity index (χ2n) is 3.21. The molecule has 0 radical (unpaired) electrons. The summed E-state index contributed by atoms with van der Waals surface area (Å²) >= 11 is 0. The average molecular weight is 176 g/mol. The molecule has 0 aromatic carbocycles. The lowest BCUT2D eigenvalue weighted by atomic mass is 9.97. The van der Waals surface area contributed by atoms with Crippen LogP contribution in [0.15, 0.2) is 0 Å². The topological polar surface area (TPSA) is 69.9 Å². The van der Waals surface area contributed by atoms with Crippen LogP contribution in [0.2, 0.25) is 0 Å². The highest BCUT2D eigenvalue weighted by atomic mass is 16.5. The number of aliphatic hydroxyl groups is 3. The maximum Gasteiger partial charge on any atom is 0.111 e. The molecule has 72 valence electrons. The van der Waals surface area contributed by atoms with Gasteiger partial charge in [0.25, 0.3) is 0 Å². The quantitative estimate of drug-likeness (QED) is 0.518. The molecule has 0 aromatic rings.